The van der Waals surface area contributed by atoms with Crippen molar-refractivity contribution in [3.8, 4) is 0 Å². The van der Waals surface area contributed by atoms with Crippen molar-refractivity contribution in [1.29, 1.82) is 0 Å². The lowest BCUT2D eigenvalue weighted by molar-refractivity contribution is 0.0586. The van der Waals surface area contributed by atoms with E-state index in [1.54, 1.807) is 0 Å². The molecule has 5 nitrogen and oxygen atoms in total. The number of rotatable bonds is 4. The molecular weight excluding hydrogens is 262 g/mol. The van der Waals surface area contributed by atoms with Gasteiger partial charge in [0.15, 0.2) is 0 Å². The number of carbonyl (C=O) groups is 1. The van der Waals surface area contributed by atoms with E-state index in [-0.39, 0.29) is 10.6 Å². The third kappa shape index (κ3) is 3.59. The number of thioether (sulfide) groups is 1. The molecule has 1 aromatic heterocycles. The summed E-state index contributed by atoms with van der Waals surface area (Å²) in [5, 5.41) is 3.31. The normalized spacial score (nSPS) is 22.3. The summed E-state index contributed by atoms with van der Waals surface area (Å²) in [6.07, 6.45) is 2.47. The number of aromatic nitrogens is 2. The molecule has 0 aliphatic carbocycles. The summed E-state index contributed by atoms with van der Waals surface area (Å²) in [4.78, 5) is 19.7. The van der Waals surface area contributed by atoms with Crippen molar-refractivity contribution in [2.24, 2.45) is 0 Å². The molecular formula is C13H19N3O2S. The predicted molar refractivity (Wildman–Crippen MR) is 76.7 cm³/mol. The summed E-state index contributed by atoms with van der Waals surface area (Å²) < 4.78 is 4.90. The Morgan fingerprint density at radius 1 is 1.58 bits per heavy atom. The van der Waals surface area contributed by atoms with Gasteiger partial charge in [-0.05, 0) is 32.4 Å². The molecule has 2 heterocycles. The highest BCUT2D eigenvalue weighted by Crippen LogP contribution is 2.37. The Morgan fingerprint density at radius 3 is 3.00 bits per heavy atom. The SMILES string of the molecule is COC(=O)c1nc(C)cc(NCC2(C)CCCS2)n1. The van der Waals surface area contributed by atoms with Gasteiger partial charge in [0.25, 0.3) is 0 Å². The van der Waals surface area contributed by atoms with Crippen LogP contribution < -0.4 is 5.32 Å². The fraction of sp³-hybridized carbons (Fsp3) is 0.615. The molecule has 1 aliphatic rings. The van der Waals surface area contributed by atoms with Gasteiger partial charge in [0.05, 0.1) is 7.11 Å². The maximum atomic E-state index is 11.5. The first-order chi connectivity index (χ1) is 9.02. The van der Waals surface area contributed by atoms with Crippen LogP contribution in [0.5, 0.6) is 0 Å². The molecule has 1 N–H and O–H groups in total. The number of anilines is 1. The molecule has 0 radical (unpaired) electrons. The minimum atomic E-state index is -0.506. The Kier molecular flexibility index (Phi) is 4.29. The fourth-order valence-corrected chi connectivity index (χ4v) is 3.34. The fourth-order valence-electron chi connectivity index (χ4n) is 2.10. The smallest absolute Gasteiger partial charge is 0.376 e. The van der Waals surface area contributed by atoms with Gasteiger partial charge in [0.2, 0.25) is 5.82 Å². The number of ether oxygens (including phenoxy) is 1. The first kappa shape index (κ1) is 14.1. The van der Waals surface area contributed by atoms with Crippen LogP contribution in [-0.2, 0) is 4.74 Å². The van der Waals surface area contributed by atoms with Gasteiger partial charge in [-0.2, -0.15) is 11.8 Å². The average molecular weight is 281 g/mol. The lowest BCUT2D eigenvalue weighted by atomic mass is 10.1. The van der Waals surface area contributed by atoms with Crippen LogP contribution in [0.25, 0.3) is 0 Å². The number of aryl methyl sites for hydroxylation is 1. The molecule has 1 aromatic rings. The highest BCUT2D eigenvalue weighted by Gasteiger charge is 2.29. The second-order valence-electron chi connectivity index (χ2n) is 4.97. The summed E-state index contributed by atoms with van der Waals surface area (Å²) in [5.41, 5.74) is 0.752. The van der Waals surface area contributed by atoms with Crippen molar-refractivity contribution in [2.45, 2.75) is 31.4 Å². The van der Waals surface area contributed by atoms with Crippen LogP contribution in [-0.4, -0.2) is 40.1 Å². The van der Waals surface area contributed by atoms with E-state index in [1.807, 2.05) is 24.8 Å². The van der Waals surface area contributed by atoms with Crippen LogP contribution in [0.1, 0.15) is 36.1 Å². The van der Waals surface area contributed by atoms with Crippen LogP contribution in [0, 0.1) is 6.92 Å². The molecule has 0 spiro atoms. The van der Waals surface area contributed by atoms with Crippen molar-refractivity contribution in [3.63, 3.8) is 0 Å². The Hall–Kier alpha value is -1.30. The lowest BCUT2D eigenvalue weighted by Crippen LogP contribution is -2.27. The summed E-state index contributed by atoms with van der Waals surface area (Å²) in [5.74, 6) is 1.50. The molecule has 0 saturated carbocycles. The Morgan fingerprint density at radius 2 is 2.37 bits per heavy atom. The second kappa shape index (κ2) is 5.77. The zero-order chi connectivity index (χ0) is 13.9. The summed E-state index contributed by atoms with van der Waals surface area (Å²) in [6.45, 7) is 4.94. The molecule has 2 rings (SSSR count). The van der Waals surface area contributed by atoms with Crippen molar-refractivity contribution in [2.75, 3.05) is 24.7 Å². The highest BCUT2D eigenvalue weighted by atomic mass is 32.2. The summed E-state index contributed by atoms with van der Waals surface area (Å²) in [6, 6.07) is 1.84. The molecule has 1 atom stereocenters. The molecule has 19 heavy (non-hydrogen) atoms. The van der Waals surface area contributed by atoms with Crippen molar-refractivity contribution >= 4 is 23.5 Å². The van der Waals surface area contributed by atoms with Crippen molar-refractivity contribution in [3.05, 3.63) is 17.6 Å². The highest BCUT2D eigenvalue weighted by molar-refractivity contribution is 8.00. The quantitative estimate of drug-likeness (QED) is 0.854. The third-order valence-corrected chi connectivity index (χ3v) is 4.70. The van der Waals surface area contributed by atoms with Gasteiger partial charge in [0.1, 0.15) is 5.82 Å². The third-order valence-electron chi connectivity index (χ3n) is 3.17. The zero-order valence-corrected chi connectivity index (χ0v) is 12.3. The molecule has 1 fully saturated rings. The molecule has 0 bridgehead atoms. The van der Waals surface area contributed by atoms with E-state index >= 15 is 0 Å². The van der Waals surface area contributed by atoms with Crippen LogP contribution >= 0.6 is 11.8 Å². The minimum Gasteiger partial charge on any atom is -0.463 e. The van der Waals surface area contributed by atoms with Gasteiger partial charge in [0, 0.05) is 23.1 Å². The Bertz CT molecular complexity index is 473. The standard InChI is InChI=1S/C13H19N3O2S/c1-9-7-10(16-11(15-9)12(17)18-3)14-8-13(2)5-4-6-19-13/h7H,4-6,8H2,1-3H3,(H,14,15,16). The van der Waals surface area contributed by atoms with Crippen molar-refractivity contribution < 1.29 is 9.53 Å². The van der Waals surface area contributed by atoms with E-state index in [0.717, 1.165) is 12.2 Å². The number of methoxy groups -OCH3 is 1. The first-order valence-corrected chi connectivity index (χ1v) is 7.33. The Labute approximate surface area is 117 Å². The minimum absolute atomic E-state index is 0.106. The van der Waals surface area contributed by atoms with Gasteiger partial charge in [-0.15, -0.1) is 0 Å². The molecule has 0 amide bonds. The second-order valence-corrected chi connectivity index (χ2v) is 6.65. The number of carbonyl (C=O) groups excluding carboxylic acids is 1. The van der Waals surface area contributed by atoms with Crippen molar-refractivity contribution in [1.82, 2.24) is 9.97 Å². The van der Waals surface area contributed by atoms with E-state index in [9.17, 15) is 4.79 Å². The van der Waals surface area contributed by atoms with Gasteiger partial charge in [-0.25, -0.2) is 14.8 Å². The van der Waals surface area contributed by atoms with E-state index in [2.05, 4.69) is 26.9 Å². The number of hydrogen-bond donors (Lipinski definition) is 1. The average Bonchev–Trinajstić information content (AvgIpc) is 2.82. The van der Waals surface area contributed by atoms with Crippen LogP contribution in [0.4, 0.5) is 5.82 Å². The number of nitrogens with zero attached hydrogens (tertiary/aromatic N) is 2. The number of esters is 1. The molecule has 1 aliphatic heterocycles. The van der Waals surface area contributed by atoms with E-state index < -0.39 is 5.97 Å². The van der Waals surface area contributed by atoms with Gasteiger partial charge in [-0.1, -0.05) is 0 Å². The Balaban J connectivity index is 2.07. The summed E-state index contributed by atoms with van der Waals surface area (Å²) in [7, 11) is 1.33. The van der Waals surface area contributed by atoms with E-state index in [0.29, 0.717) is 5.82 Å². The largest absolute Gasteiger partial charge is 0.463 e. The molecule has 6 heteroatoms. The number of hydrogen-bond acceptors (Lipinski definition) is 6. The molecule has 0 aromatic carbocycles. The lowest BCUT2D eigenvalue weighted by Gasteiger charge is -2.23. The van der Waals surface area contributed by atoms with Gasteiger partial charge >= 0.3 is 5.97 Å². The molecule has 1 unspecified atom stereocenters. The predicted octanol–water partition coefficient (Wildman–Crippen LogP) is 2.27. The maximum Gasteiger partial charge on any atom is 0.376 e. The van der Waals surface area contributed by atoms with Crippen LogP contribution in [0.3, 0.4) is 0 Å². The molecule has 104 valence electrons. The van der Waals surface area contributed by atoms with E-state index in [4.69, 9.17) is 0 Å². The topological polar surface area (TPSA) is 64.1 Å². The van der Waals surface area contributed by atoms with Gasteiger partial charge < -0.3 is 10.1 Å². The first-order valence-electron chi connectivity index (χ1n) is 6.34. The van der Waals surface area contributed by atoms with Crippen LogP contribution in [0.2, 0.25) is 0 Å². The molecule has 1 saturated heterocycles. The maximum absolute atomic E-state index is 11.5. The number of nitrogens with one attached hydrogen (secondary N) is 1. The van der Waals surface area contributed by atoms with Crippen LogP contribution in [0.15, 0.2) is 6.07 Å². The van der Waals surface area contributed by atoms with Gasteiger partial charge in [-0.3, -0.25) is 0 Å². The summed E-state index contributed by atoms with van der Waals surface area (Å²) >= 11 is 1.99. The monoisotopic (exact) mass is 281 g/mol. The van der Waals surface area contributed by atoms with E-state index in [1.165, 1.54) is 25.7 Å². The zero-order valence-electron chi connectivity index (χ0n) is 11.5.